The van der Waals surface area contributed by atoms with Crippen LogP contribution in [0.4, 0.5) is 5.82 Å². The fourth-order valence-corrected chi connectivity index (χ4v) is 5.52. The molecular formula is C25H33N5O2. The summed E-state index contributed by atoms with van der Waals surface area (Å²) in [6, 6.07) is 10.6. The number of hydrogen-bond donors (Lipinski definition) is 1. The average molecular weight is 436 g/mol. The first-order valence-corrected chi connectivity index (χ1v) is 11.9. The van der Waals surface area contributed by atoms with Crippen LogP contribution in [-0.2, 0) is 16.1 Å². The highest BCUT2D eigenvalue weighted by molar-refractivity contribution is 5.77. The molecule has 0 aromatic carbocycles. The van der Waals surface area contributed by atoms with Gasteiger partial charge in [0.05, 0.1) is 18.8 Å². The lowest BCUT2D eigenvalue weighted by atomic mass is 9.81. The number of carbonyl (C=O) groups is 1. The number of ether oxygens (including phenoxy) is 1. The molecule has 1 N–H and O–H groups in total. The van der Waals surface area contributed by atoms with E-state index in [4.69, 9.17) is 14.7 Å². The number of likely N-dealkylation sites (tertiary alicyclic amines) is 1. The van der Waals surface area contributed by atoms with Gasteiger partial charge in [0.1, 0.15) is 5.82 Å². The van der Waals surface area contributed by atoms with Gasteiger partial charge in [-0.15, -0.1) is 0 Å². The molecule has 0 radical (unpaired) electrons. The van der Waals surface area contributed by atoms with E-state index in [0.29, 0.717) is 6.42 Å². The molecule has 1 amide bonds. The third-order valence-corrected chi connectivity index (χ3v) is 7.10. The van der Waals surface area contributed by atoms with E-state index in [2.05, 4.69) is 39.4 Å². The van der Waals surface area contributed by atoms with E-state index in [9.17, 15) is 4.79 Å². The van der Waals surface area contributed by atoms with Gasteiger partial charge in [-0.3, -0.25) is 14.7 Å². The molecule has 0 unspecified atom stereocenters. The van der Waals surface area contributed by atoms with E-state index in [1.54, 1.807) is 0 Å². The van der Waals surface area contributed by atoms with Crippen LogP contribution in [0.2, 0.25) is 0 Å². The van der Waals surface area contributed by atoms with Gasteiger partial charge in [-0.1, -0.05) is 18.6 Å². The maximum Gasteiger partial charge on any atom is 0.220 e. The number of carbonyl (C=O) groups excluding carboxylic acids is 1. The molecule has 170 valence electrons. The number of aromatic nitrogens is 2. The largest absolute Gasteiger partial charge is 0.378 e. The van der Waals surface area contributed by atoms with Crippen LogP contribution in [0.5, 0.6) is 0 Å². The van der Waals surface area contributed by atoms with Crippen molar-refractivity contribution in [2.45, 2.75) is 50.6 Å². The second-order valence-electron chi connectivity index (χ2n) is 9.46. The van der Waals surface area contributed by atoms with Crippen molar-refractivity contribution in [1.29, 1.82) is 0 Å². The van der Waals surface area contributed by atoms with Crippen LogP contribution in [0.1, 0.15) is 48.6 Å². The third kappa shape index (κ3) is 4.50. The van der Waals surface area contributed by atoms with E-state index in [-0.39, 0.29) is 17.4 Å². The number of anilines is 1. The Labute approximate surface area is 190 Å². The number of nitrogens with one attached hydrogen (secondary N) is 1. The Hall–Kier alpha value is -2.51. The van der Waals surface area contributed by atoms with Crippen LogP contribution in [0.15, 0.2) is 36.5 Å². The Morgan fingerprint density at radius 1 is 1.19 bits per heavy atom. The highest BCUT2D eigenvalue weighted by Crippen LogP contribution is 2.40. The summed E-state index contributed by atoms with van der Waals surface area (Å²) < 4.78 is 5.45. The molecule has 2 aromatic rings. The third-order valence-electron chi connectivity index (χ3n) is 7.10. The van der Waals surface area contributed by atoms with Crippen LogP contribution in [0, 0.1) is 6.92 Å². The van der Waals surface area contributed by atoms with Crippen molar-refractivity contribution in [3.05, 3.63) is 53.5 Å². The van der Waals surface area contributed by atoms with E-state index in [1.165, 1.54) is 5.56 Å². The lowest BCUT2D eigenvalue weighted by Gasteiger charge is -2.34. The fourth-order valence-electron chi connectivity index (χ4n) is 5.52. The highest BCUT2D eigenvalue weighted by atomic mass is 16.5. The standard InChI is InChI=1S/C25H33N5O2/c1-19-5-4-6-22(27-19)21-17-29(18-25(21)10-3-2-7-24(31)28-25)16-20-8-9-23(26-15-20)30-11-13-32-14-12-30/h4-6,8-9,15,21H,2-3,7,10-14,16-18H2,1H3,(H,28,31)/t21-,25+/m0/s1. The topological polar surface area (TPSA) is 70.6 Å². The van der Waals surface area contributed by atoms with E-state index >= 15 is 0 Å². The summed E-state index contributed by atoms with van der Waals surface area (Å²) in [5, 5.41) is 3.44. The zero-order valence-corrected chi connectivity index (χ0v) is 18.9. The highest BCUT2D eigenvalue weighted by Gasteiger charge is 2.49. The Morgan fingerprint density at radius 3 is 2.84 bits per heavy atom. The number of pyridine rings is 2. The summed E-state index contributed by atoms with van der Waals surface area (Å²) in [6.07, 6.45) is 5.67. The molecule has 0 saturated carbocycles. The monoisotopic (exact) mass is 435 g/mol. The zero-order chi connectivity index (χ0) is 22.0. The van der Waals surface area contributed by atoms with Crippen LogP contribution in [0.3, 0.4) is 0 Å². The molecule has 7 heteroatoms. The molecule has 0 aliphatic carbocycles. The first kappa shape index (κ1) is 21.3. The summed E-state index contributed by atoms with van der Waals surface area (Å²) >= 11 is 0. The quantitative estimate of drug-likeness (QED) is 0.796. The summed E-state index contributed by atoms with van der Waals surface area (Å²) in [7, 11) is 0. The number of morpholine rings is 1. The molecule has 5 rings (SSSR count). The molecule has 5 heterocycles. The van der Waals surface area contributed by atoms with E-state index in [1.807, 2.05) is 19.2 Å². The fraction of sp³-hybridized carbons (Fsp3) is 0.560. The number of amides is 1. The Kier molecular flexibility index (Phi) is 6.11. The number of nitrogens with zero attached hydrogens (tertiary/aromatic N) is 4. The van der Waals surface area contributed by atoms with Gasteiger partial charge in [-0.2, -0.15) is 0 Å². The maximum atomic E-state index is 12.6. The summed E-state index contributed by atoms with van der Waals surface area (Å²) in [4.78, 5) is 26.9. The van der Waals surface area contributed by atoms with Crippen LogP contribution < -0.4 is 10.2 Å². The Balaban J connectivity index is 1.35. The first-order valence-electron chi connectivity index (χ1n) is 11.9. The first-order chi connectivity index (χ1) is 15.6. The maximum absolute atomic E-state index is 12.6. The second-order valence-corrected chi connectivity index (χ2v) is 9.46. The summed E-state index contributed by atoms with van der Waals surface area (Å²) in [6.45, 7) is 7.93. The zero-order valence-electron chi connectivity index (χ0n) is 18.9. The lowest BCUT2D eigenvalue weighted by molar-refractivity contribution is -0.122. The van der Waals surface area contributed by atoms with Gasteiger partial charge < -0.3 is 15.0 Å². The lowest BCUT2D eigenvalue weighted by Crippen LogP contribution is -2.52. The van der Waals surface area contributed by atoms with Crippen LogP contribution in [-0.4, -0.2) is 65.7 Å². The van der Waals surface area contributed by atoms with Crippen molar-refractivity contribution >= 4 is 11.7 Å². The van der Waals surface area contributed by atoms with Gasteiger partial charge in [-0.05, 0) is 43.5 Å². The second kappa shape index (κ2) is 9.16. The van der Waals surface area contributed by atoms with Gasteiger partial charge in [0.15, 0.2) is 0 Å². The number of aryl methyl sites for hydroxylation is 1. The molecule has 3 aliphatic rings. The van der Waals surface area contributed by atoms with Gasteiger partial charge in [0, 0.05) is 62.6 Å². The number of rotatable bonds is 4. The summed E-state index contributed by atoms with van der Waals surface area (Å²) in [5.74, 6) is 1.40. The van der Waals surface area contributed by atoms with Gasteiger partial charge in [0.25, 0.3) is 0 Å². The molecule has 0 bridgehead atoms. The van der Waals surface area contributed by atoms with Crippen LogP contribution >= 0.6 is 0 Å². The molecule has 3 fully saturated rings. The van der Waals surface area contributed by atoms with Gasteiger partial charge >= 0.3 is 0 Å². The predicted molar refractivity (Wildman–Crippen MR) is 124 cm³/mol. The molecule has 2 aromatic heterocycles. The molecule has 7 nitrogen and oxygen atoms in total. The molecule has 32 heavy (non-hydrogen) atoms. The van der Waals surface area contributed by atoms with Crippen molar-refractivity contribution in [1.82, 2.24) is 20.2 Å². The van der Waals surface area contributed by atoms with Crippen molar-refractivity contribution in [2.24, 2.45) is 0 Å². The normalized spacial score (nSPS) is 26.8. The van der Waals surface area contributed by atoms with Crippen molar-refractivity contribution in [3.63, 3.8) is 0 Å². The van der Waals surface area contributed by atoms with Gasteiger partial charge in [-0.25, -0.2) is 4.98 Å². The van der Waals surface area contributed by atoms with E-state index < -0.39 is 0 Å². The van der Waals surface area contributed by atoms with Crippen molar-refractivity contribution in [2.75, 3.05) is 44.3 Å². The predicted octanol–water partition coefficient (Wildman–Crippen LogP) is 2.65. The smallest absolute Gasteiger partial charge is 0.220 e. The number of hydrogen-bond acceptors (Lipinski definition) is 6. The SMILES string of the molecule is Cc1cccc([C@@H]2CN(Cc3ccc(N4CCOCC4)nc3)C[C@]23CCCCC(=O)N3)n1. The summed E-state index contributed by atoms with van der Waals surface area (Å²) in [5.41, 5.74) is 3.08. The van der Waals surface area contributed by atoms with Crippen LogP contribution in [0.25, 0.3) is 0 Å². The minimum absolute atomic E-state index is 0.179. The average Bonchev–Trinajstić information content (AvgIpc) is 3.03. The molecular weight excluding hydrogens is 402 g/mol. The molecule has 3 aliphatic heterocycles. The van der Waals surface area contributed by atoms with Crippen molar-refractivity contribution in [3.8, 4) is 0 Å². The molecule has 1 spiro atoms. The minimum Gasteiger partial charge on any atom is -0.378 e. The molecule has 3 saturated heterocycles. The van der Waals surface area contributed by atoms with Gasteiger partial charge in [0.2, 0.25) is 5.91 Å². The minimum atomic E-state index is -0.241. The van der Waals surface area contributed by atoms with E-state index in [0.717, 1.165) is 82.4 Å². The Morgan fingerprint density at radius 2 is 2.06 bits per heavy atom. The Bertz CT molecular complexity index is 944. The molecule has 2 atom stereocenters. The van der Waals surface area contributed by atoms with Crippen molar-refractivity contribution < 1.29 is 9.53 Å².